The van der Waals surface area contributed by atoms with Crippen molar-refractivity contribution in [2.75, 3.05) is 5.32 Å². The summed E-state index contributed by atoms with van der Waals surface area (Å²) >= 11 is 3.42. The lowest BCUT2D eigenvalue weighted by atomic mass is 9.96. The number of carbonyl (C=O) groups excluding carboxylic acids is 1. The number of benzene rings is 1. The Kier molecular flexibility index (Phi) is 3.29. The van der Waals surface area contributed by atoms with Gasteiger partial charge in [-0.15, -0.1) is 0 Å². The molecular formula is C14H12BrN3O. The largest absolute Gasteiger partial charge is 0.324 e. The third kappa shape index (κ3) is 2.66. The van der Waals surface area contributed by atoms with E-state index in [0.29, 0.717) is 17.9 Å². The second-order valence-corrected chi connectivity index (χ2v) is 5.38. The van der Waals surface area contributed by atoms with E-state index in [0.717, 1.165) is 28.7 Å². The number of hydrogen-bond acceptors (Lipinski definition) is 4. The molecular weight excluding hydrogens is 306 g/mol. The van der Waals surface area contributed by atoms with E-state index in [1.54, 1.807) is 6.20 Å². The quantitative estimate of drug-likeness (QED) is 0.921. The predicted octanol–water partition coefficient (Wildman–Crippen LogP) is 3.50. The van der Waals surface area contributed by atoms with E-state index < -0.39 is 0 Å². The summed E-state index contributed by atoms with van der Waals surface area (Å²) < 4.78 is 0.991. The van der Waals surface area contributed by atoms with Gasteiger partial charge in [0.2, 0.25) is 5.95 Å². The maximum Gasteiger partial charge on any atom is 0.227 e. The minimum Gasteiger partial charge on any atom is -0.324 e. The normalized spacial score (nSPS) is 14.1. The van der Waals surface area contributed by atoms with Gasteiger partial charge in [-0.25, -0.2) is 9.97 Å². The van der Waals surface area contributed by atoms with Gasteiger partial charge < -0.3 is 5.32 Å². The molecule has 0 saturated carbocycles. The summed E-state index contributed by atoms with van der Waals surface area (Å²) in [6, 6.07) is 7.79. The van der Waals surface area contributed by atoms with Gasteiger partial charge in [0.1, 0.15) is 0 Å². The van der Waals surface area contributed by atoms with Crippen LogP contribution in [0.2, 0.25) is 0 Å². The van der Waals surface area contributed by atoms with Crippen molar-refractivity contribution in [3.05, 3.63) is 46.2 Å². The third-order valence-electron chi connectivity index (χ3n) is 3.07. The maximum atomic E-state index is 11.7. The summed E-state index contributed by atoms with van der Waals surface area (Å²) in [7, 11) is 0. The molecule has 0 saturated heterocycles. The number of hydrogen-bond donors (Lipinski definition) is 1. The van der Waals surface area contributed by atoms with Crippen LogP contribution in [0, 0.1) is 0 Å². The molecule has 0 radical (unpaired) electrons. The van der Waals surface area contributed by atoms with E-state index in [1.165, 1.54) is 0 Å². The predicted molar refractivity (Wildman–Crippen MR) is 76.7 cm³/mol. The Morgan fingerprint density at radius 3 is 3.00 bits per heavy atom. The number of carbonyl (C=O) groups is 1. The van der Waals surface area contributed by atoms with Crippen molar-refractivity contribution in [1.29, 1.82) is 0 Å². The van der Waals surface area contributed by atoms with Gasteiger partial charge in [0, 0.05) is 22.8 Å². The highest BCUT2D eigenvalue weighted by Gasteiger charge is 2.19. The van der Waals surface area contributed by atoms with Crippen LogP contribution < -0.4 is 5.32 Å². The first kappa shape index (κ1) is 12.3. The molecule has 3 rings (SSSR count). The molecule has 0 amide bonds. The van der Waals surface area contributed by atoms with Gasteiger partial charge in [0.25, 0.3) is 0 Å². The molecule has 0 fully saturated rings. The van der Waals surface area contributed by atoms with E-state index in [-0.39, 0.29) is 5.78 Å². The summed E-state index contributed by atoms with van der Waals surface area (Å²) in [4.78, 5) is 20.3. The number of fused-ring (bicyclic) bond motifs is 1. The molecule has 0 bridgehead atoms. The van der Waals surface area contributed by atoms with Crippen LogP contribution in [-0.2, 0) is 6.42 Å². The maximum absolute atomic E-state index is 11.7. The van der Waals surface area contributed by atoms with Gasteiger partial charge in [-0.05, 0) is 31.0 Å². The average molecular weight is 318 g/mol. The molecule has 2 aromatic rings. The van der Waals surface area contributed by atoms with Crippen LogP contribution in [0.4, 0.5) is 11.6 Å². The molecule has 5 heteroatoms. The monoisotopic (exact) mass is 317 g/mol. The second-order valence-electron chi connectivity index (χ2n) is 4.47. The summed E-state index contributed by atoms with van der Waals surface area (Å²) in [5, 5.41) is 3.15. The van der Waals surface area contributed by atoms with Crippen molar-refractivity contribution < 1.29 is 4.79 Å². The van der Waals surface area contributed by atoms with E-state index in [2.05, 4.69) is 31.2 Å². The Labute approximate surface area is 119 Å². The van der Waals surface area contributed by atoms with Crippen molar-refractivity contribution in [3.8, 4) is 0 Å². The van der Waals surface area contributed by atoms with Crippen molar-refractivity contribution >= 4 is 33.3 Å². The van der Waals surface area contributed by atoms with Crippen LogP contribution in [-0.4, -0.2) is 15.8 Å². The zero-order valence-electron chi connectivity index (χ0n) is 10.2. The number of nitrogens with zero attached hydrogens (tertiary/aromatic N) is 2. The highest BCUT2D eigenvalue weighted by atomic mass is 79.9. The fourth-order valence-corrected chi connectivity index (χ4v) is 2.55. The Morgan fingerprint density at radius 1 is 1.26 bits per heavy atom. The van der Waals surface area contributed by atoms with Crippen molar-refractivity contribution in [1.82, 2.24) is 9.97 Å². The molecule has 1 aliphatic carbocycles. The Hall–Kier alpha value is -1.75. The molecule has 1 aromatic heterocycles. The molecule has 1 aliphatic rings. The number of Topliss-reactive ketones (excluding diaryl/α,β-unsaturated/α-hetero) is 1. The molecule has 1 heterocycles. The fourth-order valence-electron chi connectivity index (χ4n) is 2.15. The van der Waals surface area contributed by atoms with Crippen molar-refractivity contribution in [2.45, 2.75) is 19.3 Å². The molecule has 1 aromatic carbocycles. The van der Waals surface area contributed by atoms with E-state index >= 15 is 0 Å². The highest BCUT2D eigenvalue weighted by Crippen LogP contribution is 2.22. The van der Waals surface area contributed by atoms with Gasteiger partial charge in [-0.1, -0.05) is 22.0 Å². The van der Waals surface area contributed by atoms with E-state index in [9.17, 15) is 4.79 Å². The summed E-state index contributed by atoms with van der Waals surface area (Å²) in [5.74, 6) is 0.682. The number of anilines is 2. The number of ketones is 1. The van der Waals surface area contributed by atoms with Crippen LogP contribution in [0.5, 0.6) is 0 Å². The minimum absolute atomic E-state index is 0.148. The zero-order chi connectivity index (χ0) is 13.2. The van der Waals surface area contributed by atoms with Gasteiger partial charge in [0.15, 0.2) is 5.78 Å². The first-order valence-electron chi connectivity index (χ1n) is 6.14. The molecule has 4 nitrogen and oxygen atoms in total. The fraction of sp³-hybridized carbons (Fsp3) is 0.214. The standard InChI is InChI=1S/C14H12BrN3O/c15-9-3-1-4-10(7-9)17-14-16-8-11-12(18-14)5-2-6-13(11)19/h1,3-4,7-8H,2,5-6H2,(H,16,17,18). The number of aryl methyl sites for hydroxylation is 1. The summed E-state index contributed by atoms with van der Waals surface area (Å²) in [6.07, 6.45) is 3.95. The highest BCUT2D eigenvalue weighted by molar-refractivity contribution is 9.10. The van der Waals surface area contributed by atoms with Crippen molar-refractivity contribution in [3.63, 3.8) is 0 Å². The van der Waals surface area contributed by atoms with Gasteiger partial charge in [0.05, 0.1) is 11.3 Å². The van der Waals surface area contributed by atoms with Crippen LogP contribution in [0.25, 0.3) is 0 Å². The second kappa shape index (κ2) is 5.09. The van der Waals surface area contributed by atoms with E-state index in [1.807, 2.05) is 24.3 Å². The molecule has 0 aliphatic heterocycles. The average Bonchev–Trinajstić information content (AvgIpc) is 2.39. The first-order valence-corrected chi connectivity index (χ1v) is 6.93. The first-order chi connectivity index (χ1) is 9.22. The number of rotatable bonds is 2. The summed E-state index contributed by atoms with van der Waals surface area (Å²) in [5.41, 5.74) is 2.44. The molecule has 0 spiro atoms. The Balaban J connectivity index is 1.88. The molecule has 96 valence electrons. The van der Waals surface area contributed by atoms with Crippen LogP contribution in [0.15, 0.2) is 34.9 Å². The number of aromatic nitrogens is 2. The Bertz CT molecular complexity index is 642. The Morgan fingerprint density at radius 2 is 2.16 bits per heavy atom. The van der Waals surface area contributed by atoms with Gasteiger partial charge in [-0.2, -0.15) is 0 Å². The van der Waals surface area contributed by atoms with Crippen LogP contribution in [0.3, 0.4) is 0 Å². The molecule has 0 atom stereocenters. The number of nitrogens with one attached hydrogen (secondary N) is 1. The molecule has 0 unspecified atom stereocenters. The van der Waals surface area contributed by atoms with Crippen molar-refractivity contribution in [2.24, 2.45) is 0 Å². The molecule has 1 N–H and O–H groups in total. The molecule has 19 heavy (non-hydrogen) atoms. The lowest BCUT2D eigenvalue weighted by Gasteiger charge is -2.14. The third-order valence-corrected chi connectivity index (χ3v) is 3.56. The zero-order valence-corrected chi connectivity index (χ0v) is 11.8. The minimum atomic E-state index is 0.148. The van der Waals surface area contributed by atoms with Gasteiger partial charge in [-0.3, -0.25) is 4.79 Å². The van der Waals surface area contributed by atoms with Crippen LogP contribution in [0.1, 0.15) is 28.9 Å². The van der Waals surface area contributed by atoms with E-state index in [4.69, 9.17) is 0 Å². The smallest absolute Gasteiger partial charge is 0.227 e. The topological polar surface area (TPSA) is 54.9 Å². The number of halogens is 1. The lowest BCUT2D eigenvalue weighted by molar-refractivity contribution is 0.0971. The summed E-state index contributed by atoms with van der Waals surface area (Å²) in [6.45, 7) is 0. The SMILES string of the molecule is O=C1CCCc2nc(Nc3cccc(Br)c3)ncc21. The van der Waals surface area contributed by atoms with Crippen LogP contribution >= 0.6 is 15.9 Å². The lowest BCUT2D eigenvalue weighted by Crippen LogP contribution is -2.14. The van der Waals surface area contributed by atoms with Gasteiger partial charge >= 0.3 is 0 Å².